The second kappa shape index (κ2) is 12.5. The molecule has 13 nitrogen and oxygen atoms in total. The van der Waals surface area contributed by atoms with Crippen molar-refractivity contribution >= 4 is 29.4 Å². The van der Waals surface area contributed by atoms with Crippen molar-refractivity contribution in [2.24, 2.45) is 5.16 Å². The number of hydrogen-bond donors (Lipinski definition) is 1. The van der Waals surface area contributed by atoms with E-state index in [2.05, 4.69) is 20.5 Å². The number of carbonyl (C=O) groups excluding carboxylic acids is 2. The lowest BCUT2D eigenvalue weighted by Gasteiger charge is -2.14. The van der Waals surface area contributed by atoms with Crippen molar-refractivity contribution in [1.82, 2.24) is 20.0 Å². The Morgan fingerprint density at radius 2 is 2.00 bits per heavy atom. The lowest BCUT2D eigenvalue weighted by molar-refractivity contribution is -0.147. The minimum absolute atomic E-state index is 0.0156. The molecule has 1 amide bonds. The first kappa shape index (κ1) is 27.7. The first-order valence-corrected chi connectivity index (χ1v) is 13.0. The van der Waals surface area contributed by atoms with Crippen LogP contribution < -0.4 is 4.90 Å². The van der Waals surface area contributed by atoms with Crippen LogP contribution in [0.1, 0.15) is 37.8 Å². The van der Waals surface area contributed by atoms with Crippen LogP contribution in [0.25, 0.3) is 11.1 Å². The Labute approximate surface area is 233 Å². The second-order valence-electron chi connectivity index (χ2n) is 9.59. The van der Waals surface area contributed by atoms with Gasteiger partial charge in [0.05, 0.1) is 30.7 Å². The number of aliphatic carboxylic acids is 1. The number of carboxylic acids is 1. The van der Waals surface area contributed by atoms with Gasteiger partial charge < -0.3 is 19.4 Å². The molecule has 1 fully saturated rings. The number of unbranched alkanes of at least 4 members (excludes halogenated alkanes) is 1. The predicted octanol–water partition coefficient (Wildman–Crippen LogP) is 3.19. The molecule has 1 N–H and O–H groups in total. The smallest absolute Gasteiger partial charge is 0.414 e. The van der Waals surface area contributed by atoms with Crippen LogP contribution in [0.3, 0.4) is 0 Å². The molecular weight excluding hydrogens is 539 g/mol. The first-order chi connectivity index (χ1) is 19.9. The number of amides is 1. The number of rotatable bonds is 12. The fraction of sp³-hybridized carbons (Fsp3) is 0.370. The normalized spacial score (nSPS) is 18.1. The van der Waals surface area contributed by atoms with Gasteiger partial charge in [-0.25, -0.2) is 13.9 Å². The van der Waals surface area contributed by atoms with E-state index < -0.39 is 36.1 Å². The molecule has 2 aliphatic heterocycles. The maximum atomic E-state index is 15.1. The summed E-state index contributed by atoms with van der Waals surface area (Å²) in [5.41, 5.74) is 2.36. The average molecular weight is 567 g/mol. The van der Waals surface area contributed by atoms with Crippen molar-refractivity contribution in [2.45, 2.75) is 50.9 Å². The van der Waals surface area contributed by atoms with E-state index in [0.29, 0.717) is 54.0 Å². The maximum absolute atomic E-state index is 15.1. The van der Waals surface area contributed by atoms with Crippen LogP contribution in [0.2, 0.25) is 0 Å². The number of anilines is 1. The molecule has 3 aromatic rings. The molecule has 0 aliphatic carbocycles. The third kappa shape index (κ3) is 7.01. The number of aromatic nitrogens is 4. The molecule has 5 rings (SSSR count). The SMILES string of the molecule is O=C(O)CCCCC(=O)OC[C@@H]1CC(c2ccc(-c3ccc(N4C[C@H](Cn5ccnn5)OC4=O)cc3F)cn2)=NO1. The van der Waals surface area contributed by atoms with Crippen molar-refractivity contribution in [3.8, 4) is 11.1 Å². The zero-order valence-electron chi connectivity index (χ0n) is 21.9. The number of hydrogen-bond acceptors (Lipinski definition) is 10. The molecule has 1 aromatic carbocycles. The van der Waals surface area contributed by atoms with Crippen LogP contribution in [0.5, 0.6) is 0 Å². The van der Waals surface area contributed by atoms with Crippen molar-refractivity contribution in [3.63, 3.8) is 0 Å². The van der Waals surface area contributed by atoms with E-state index in [-0.39, 0.29) is 26.0 Å². The van der Waals surface area contributed by atoms with E-state index in [1.54, 1.807) is 35.1 Å². The van der Waals surface area contributed by atoms with Gasteiger partial charge in [0.1, 0.15) is 24.2 Å². The summed E-state index contributed by atoms with van der Waals surface area (Å²) in [5, 5.41) is 20.3. The molecule has 0 spiro atoms. The van der Waals surface area contributed by atoms with E-state index in [0.717, 1.165) is 0 Å². The van der Waals surface area contributed by atoms with Crippen molar-refractivity contribution in [2.75, 3.05) is 18.1 Å². The van der Waals surface area contributed by atoms with E-state index in [1.807, 2.05) is 0 Å². The second-order valence-corrected chi connectivity index (χ2v) is 9.59. The first-order valence-electron chi connectivity index (χ1n) is 13.0. The van der Waals surface area contributed by atoms with Gasteiger partial charge >= 0.3 is 18.0 Å². The molecule has 2 atom stereocenters. The largest absolute Gasteiger partial charge is 0.481 e. The Balaban J connectivity index is 1.13. The van der Waals surface area contributed by atoms with Gasteiger partial charge in [0.2, 0.25) is 0 Å². The van der Waals surface area contributed by atoms with Crippen LogP contribution in [0, 0.1) is 5.82 Å². The zero-order chi connectivity index (χ0) is 28.8. The van der Waals surface area contributed by atoms with Crippen molar-refractivity contribution < 1.29 is 38.2 Å². The van der Waals surface area contributed by atoms with Gasteiger partial charge in [-0.2, -0.15) is 0 Å². The molecule has 0 bridgehead atoms. The molecule has 0 radical (unpaired) electrons. The number of nitrogens with zero attached hydrogens (tertiary/aromatic N) is 6. The highest BCUT2D eigenvalue weighted by atomic mass is 19.1. The Kier molecular flexibility index (Phi) is 8.46. The monoisotopic (exact) mass is 566 g/mol. The van der Waals surface area contributed by atoms with Gasteiger partial charge in [0.15, 0.2) is 6.10 Å². The van der Waals surface area contributed by atoms with E-state index in [1.165, 1.54) is 23.4 Å². The number of esters is 1. The van der Waals surface area contributed by atoms with Crippen LogP contribution in [0.4, 0.5) is 14.9 Å². The fourth-order valence-corrected chi connectivity index (χ4v) is 4.47. The summed E-state index contributed by atoms with van der Waals surface area (Å²) >= 11 is 0. The number of benzene rings is 1. The fourth-order valence-electron chi connectivity index (χ4n) is 4.47. The molecule has 0 saturated carbocycles. The van der Waals surface area contributed by atoms with Gasteiger partial charge in [0.25, 0.3) is 0 Å². The quantitative estimate of drug-likeness (QED) is 0.255. The molecular formula is C27H27FN6O7. The van der Waals surface area contributed by atoms with Gasteiger partial charge in [-0.05, 0) is 37.1 Å². The number of halogens is 1. The van der Waals surface area contributed by atoms with Crippen LogP contribution in [0.15, 0.2) is 54.1 Å². The molecule has 2 aromatic heterocycles. The van der Waals surface area contributed by atoms with Crippen LogP contribution in [-0.4, -0.2) is 74.2 Å². The maximum Gasteiger partial charge on any atom is 0.414 e. The highest BCUT2D eigenvalue weighted by Crippen LogP contribution is 2.29. The molecule has 41 heavy (non-hydrogen) atoms. The lowest BCUT2D eigenvalue weighted by Crippen LogP contribution is -2.26. The van der Waals surface area contributed by atoms with Crippen molar-refractivity contribution in [3.05, 3.63) is 60.4 Å². The van der Waals surface area contributed by atoms with E-state index >= 15 is 4.39 Å². The Morgan fingerprint density at radius 3 is 2.73 bits per heavy atom. The number of ether oxygens (including phenoxy) is 2. The summed E-state index contributed by atoms with van der Waals surface area (Å²) in [6.07, 6.45) is 4.67. The molecule has 4 heterocycles. The third-order valence-corrected chi connectivity index (χ3v) is 6.56. The molecule has 2 aliphatic rings. The molecule has 0 unspecified atom stereocenters. The number of cyclic esters (lactones) is 1. The number of pyridine rings is 1. The number of carbonyl (C=O) groups is 3. The molecule has 214 valence electrons. The predicted molar refractivity (Wildman–Crippen MR) is 140 cm³/mol. The van der Waals surface area contributed by atoms with Gasteiger partial charge in [-0.3, -0.25) is 19.5 Å². The lowest BCUT2D eigenvalue weighted by atomic mass is 10.0. The Hall–Kier alpha value is -4.88. The topological polar surface area (TPSA) is 158 Å². The summed E-state index contributed by atoms with van der Waals surface area (Å²) in [6.45, 7) is 0.621. The number of carboxylic acid groups (broad SMARTS) is 1. The zero-order valence-corrected chi connectivity index (χ0v) is 21.9. The highest BCUT2D eigenvalue weighted by molar-refractivity contribution is 5.99. The van der Waals surface area contributed by atoms with Crippen LogP contribution in [-0.2, 0) is 30.4 Å². The third-order valence-electron chi connectivity index (χ3n) is 6.56. The molecule has 14 heteroatoms. The van der Waals surface area contributed by atoms with E-state index in [4.69, 9.17) is 19.4 Å². The average Bonchev–Trinajstić information content (AvgIpc) is 3.72. The van der Waals surface area contributed by atoms with Gasteiger partial charge in [-0.1, -0.05) is 16.4 Å². The molecule has 1 saturated heterocycles. The van der Waals surface area contributed by atoms with E-state index in [9.17, 15) is 14.4 Å². The van der Waals surface area contributed by atoms with Gasteiger partial charge in [0, 0.05) is 42.8 Å². The number of oxime groups is 1. The summed E-state index contributed by atoms with van der Waals surface area (Å²) in [7, 11) is 0. The van der Waals surface area contributed by atoms with Crippen molar-refractivity contribution in [1.29, 1.82) is 0 Å². The summed E-state index contributed by atoms with van der Waals surface area (Å²) < 4.78 is 27.3. The minimum atomic E-state index is -0.896. The minimum Gasteiger partial charge on any atom is -0.481 e. The summed E-state index contributed by atoms with van der Waals surface area (Å²) in [4.78, 5) is 45.9. The Bertz CT molecular complexity index is 1430. The Morgan fingerprint density at radius 1 is 1.15 bits per heavy atom. The summed E-state index contributed by atoms with van der Waals surface area (Å²) in [5.74, 6) is -1.83. The van der Waals surface area contributed by atoms with Gasteiger partial charge in [-0.15, -0.1) is 5.10 Å². The van der Waals surface area contributed by atoms with Crippen LogP contribution >= 0.6 is 0 Å². The standard InChI is InChI=1S/C27H27FN6O7/c28-22-11-18(34-15-20(40-27(34)38)14-33-10-9-30-32-33)6-7-21(22)17-5-8-23(29-13-17)24-12-19(41-31-24)16-39-26(37)4-2-1-3-25(35)36/h5-11,13,19-20H,1-4,12,14-16H2,(H,35,36)/t19-,20-/m0/s1. The highest BCUT2D eigenvalue weighted by Gasteiger charge is 2.33. The summed E-state index contributed by atoms with van der Waals surface area (Å²) in [6, 6.07) is 7.94.